The van der Waals surface area contributed by atoms with E-state index in [1.54, 1.807) is 4.52 Å². The summed E-state index contributed by atoms with van der Waals surface area (Å²) >= 11 is 0. The van der Waals surface area contributed by atoms with Crippen LogP contribution in [-0.4, -0.2) is 50.0 Å². The summed E-state index contributed by atoms with van der Waals surface area (Å²) < 4.78 is 1.70. The third-order valence-corrected chi connectivity index (χ3v) is 5.95. The molecule has 2 aromatic rings. The van der Waals surface area contributed by atoms with Crippen molar-refractivity contribution in [1.82, 2.24) is 24.5 Å². The summed E-state index contributed by atoms with van der Waals surface area (Å²) in [5.41, 5.74) is 6.82. The molecule has 7 heteroatoms. The summed E-state index contributed by atoms with van der Waals surface area (Å²) in [5.74, 6) is 0.909. The zero-order chi connectivity index (χ0) is 16.9. The number of carbonyl (C=O) groups is 1. The minimum Gasteiger partial charge on any atom is -0.369 e. The number of hydrogen-bond acceptors (Lipinski definition) is 5. The normalized spacial score (nSPS) is 28.7. The average molecular weight is 328 g/mol. The number of nitrogens with zero attached hydrogens (tertiary/aromatic N) is 5. The fraction of sp³-hybridized carbons (Fsp3) is 0.647. The highest BCUT2D eigenvalue weighted by Gasteiger charge is 2.65. The Morgan fingerprint density at radius 2 is 2.25 bits per heavy atom. The molecule has 128 valence electrons. The minimum atomic E-state index is -0.287. The summed E-state index contributed by atoms with van der Waals surface area (Å²) in [6, 6.07) is 0. The molecule has 2 aliphatic rings. The third kappa shape index (κ3) is 2.30. The molecule has 7 nitrogen and oxygen atoms in total. The lowest BCUT2D eigenvalue weighted by atomic mass is 9.48. The topological polar surface area (TPSA) is 89.4 Å². The van der Waals surface area contributed by atoms with Crippen molar-refractivity contribution in [2.45, 2.75) is 33.1 Å². The van der Waals surface area contributed by atoms with E-state index in [4.69, 9.17) is 5.73 Å². The van der Waals surface area contributed by atoms with E-state index < -0.39 is 0 Å². The van der Waals surface area contributed by atoms with Gasteiger partial charge in [0.25, 0.3) is 5.78 Å². The van der Waals surface area contributed by atoms with Gasteiger partial charge in [-0.2, -0.15) is 10.1 Å². The average Bonchev–Trinajstić information content (AvgIpc) is 3.10. The van der Waals surface area contributed by atoms with Gasteiger partial charge < -0.3 is 10.6 Å². The second-order valence-corrected chi connectivity index (χ2v) is 8.04. The lowest BCUT2D eigenvalue weighted by Crippen LogP contribution is -2.59. The van der Waals surface area contributed by atoms with E-state index in [0.29, 0.717) is 11.7 Å². The molecule has 0 spiro atoms. The molecule has 2 aromatic heterocycles. The summed E-state index contributed by atoms with van der Waals surface area (Å²) in [6.07, 6.45) is 8.25. The number of aryl methyl sites for hydroxylation is 1. The van der Waals surface area contributed by atoms with Crippen LogP contribution in [0.5, 0.6) is 0 Å². The molecule has 0 aromatic carbocycles. The van der Waals surface area contributed by atoms with Crippen molar-refractivity contribution in [3.63, 3.8) is 0 Å². The molecule has 1 aliphatic carbocycles. The number of primary amides is 1. The Balaban J connectivity index is 1.36. The number of carbonyl (C=O) groups excluding carboxylic acids is 1. The van der Waals surface area contributed by atoms with Gasteiger partial charge >= 0.3 is 0 Å². The van der Waals surface area contributed by atoms with Gasteiger partial charge in [-0.15, -0.1) is 0 Å². The van der Waals surface area contributed by atoms with Gasteiger partial charge in [0, 0.05) is 25.5 Å². The van der Waals surface area contributed by atoms with E-state index in [1.807, 2.05) is 12.4 Å². The van der Waals surface area contributed by atoms with Crippen LogP contribution >= 0.6 is 0 Å². The van der Waals surface area contributed by atoms with Crippen molar-refractivity contribution >= 4 is 11.7 Å². The fourth-order valence-electron chi connectivity index (χ4n) is 4.89. The first-order valence-electron chi connectivity index (χ1n) is 8.57. The summed E-state index contributed by atoms with van der Waals surface area (Å²) in [4.78, 5) is 22.7. The number of likely N-dealkylation sites (tertiary alicyclic amines) is 1. The van der Waals surface area contributed by atoms with Crippen molar-refractivity contribution in [2.75, 3.05) is 19.6 Å². The molecule has 2 fully saturated rings. The van der Waals surface area contributed by atoms with Crippen molar-refractivity contribution in [3.8, 4) is 0 Å². The molecule has 0 bridgehead atoms. The number of fused-ring (bicyclic) bond motifs is 2. The Hall–Kier alpha value is -2.02. The molecular weight excluding hydrogens is 304 g/mol. The van der Waals surface area contributed by atoms with Gasteiger partial charge in [-0.1, -0.05) is 13.8 Å². The number of rotatable bonds is 5. The van der Waals surface area contributed by atoms with Crippen LogP contribution in [0.1, 0.15) is 32.3 Å². The highest BCUT2D eigenvalue weighted by atomic mass is 16.1. The van der Waals surface area contributed by atoms with Crippen molar-refractivity contribution in [1.29, 1.82) is 0 Å². The fourth-order valence-corrected chi connectivity index (χ4v) is 4.89. The van der Waals surface area contributed by atoms with Crippen LogP contribution in [0.25, 0.3) is 5.78 Å². The van der Waals surface area contributed by atoms with Crippen LogP contribution in [0.15, 0.2) is 18.7 Å². The van der Waals surface area contributed by atoms with Crippen LogP contribution in [0.2, 0.25) is 0 Å². The Labute approximate surface area is 141 Å². The second-order valence-electron chi connectivity index (χ2n) is 8.04. The number of hydrogen-bond donors (Lipinski definition) is 1. The zero-order valence-corrected chi connectivity index (χ0v) is 14.3. The van der Waals surface area contributed by atoms with E-state index in [-0.39, 0.29) is 16.7 Å². The maximum Gasteiger partial charge on any atom is 0.252 e. The van der Waals surface area contributed by atoms with Gasteiger partial charge in [0.15, 0.2) is 0 Å². The molecule has 1 aliphatic heterocycles. The lowest BCUT2D eigenvalue weighted by Gasteiger charge is -2.54. The summed E-state index contributed by atoms with van der Waals surface area (Å²) in [7, 11) is 0. The first-order chi connectivity index (χ1) is 11.4. The third-order valence-electron chi connectivity index (χ3n) is 5.95. The summed E-state index contributed by atoms with van der Waals surface area (Å²) in [5, 5.41) is 4.12. The maximum atomic E-state index is 12.0. The molecule has 3 heterocycles. The van der Waals surface area contributed by atoms with Crippen molar-refractivity contribution in [3.05, 3.63) is 24.3 Å². The van der Waals surface area contributed by atoms with Crippen molar-refractivity contribution < 1.29 is 4.79 Å². The number of aromatic nitrogens is 4. The standard InChI is InChI=1S/C17H24N6O/c1-16(2)9-17(14(18)24)10-22(8-13(16)17)5-3-4-12-6-19-15-20-11-21-23(15)7-12/h6-7,11,13H,3-5,8-10H2,1-2H3,(H2,18,24)/t13-,17+/m1/s1. The second kappa shape index (κ2) is 5.24. The Bertz CT molecular complexity index is 784. The molecule has 0 radical (unpaired) electrons. The molecule has 4 rings (SSSR count). The van der Waals surface area contributed by atoms with Crippen LogP contribution in [-0.2, 0) is 11.2 Å². The van der Waals surface area contributed by atoms with Crippen LogP contribution in [0, 0.1) is 16.7 Å². The predicted octanol–water partition coefficient (Wildman–Crippen LogP) is 0.890. The summed E-state index contributed by atoms with van der Waals surface area (Å²) in [6.45, 7) is 7.28. The first-order valence-corrected chi connectivity index (χ1v) is 8.57. The molecule has 0 unspecified atom stereocenters. The molecule has 2 N–H and O–H groups in total. The molecular formula is C17H24N6O. The maximum absolute atomic E-state index is 12.0. The van der Waals surface area contributed by atoms with Crippen LogP contribution < -0.4 is 5.73 Å². The van der Waals surface area contributed by atoms with Gasteiger partial charge in [0.05, 0.1) is 5.41 Å². The van der Waals surface area contributed by atoms with E-state index >= 15 is 0 Å². The Morgan fingerprint density at radius 3 is 2.96 bits per heavy atom. The van der Waals surface area contributed by atoms with E-state index in [9.17, 15) is 4.79 Å². The molecule has 2 atom stereocenters. The molecule has 1 saturated heterocycles. The first kappa shape index (κ1) is 15.5. The molecule has 24 heavy (non-hydrogen) atoms. The van der Waals surface area contributed by atoms with E-state index in [1.165, 1.54) is 6.33 Å². The largest absolute Gasteiger partial charge is 0.369 e. The van der Waals surface area contributed by atoms with Gasteiger partial charge in [-0.3, -0.25) is 4.79 Å². The van der Waals surface area contributed by atoms with Gasteiger partial charge in [0.1, 0.15) is 6.33 Å². The predicted molar refractivity (Wildman–Crippen MR) is 89.1 cm³/mol. The Kier molecular flexibility index (Phi) is 3.38. The van der Waals surface area contributed by atoms with E-state index in [0.717, 1.165) is 44.5 Å². The van der Waals surface area contributed by atoms with Gasteiger partial charge in [-0.25, -0.2) is 9.50 Å². The minimum absolute atomic E-state index is 0.116. The van der Waals surface area contributed by atoms with Gasteiger partial charge in [0.2, 0.25) is 5.91 Å². The zero-order valence-electron chi connectivity index (χ0n) is 14.3. The Morgan fingerprint density at radius 1 is 1.42 bits per heavy atom. The lowest BCUT2D eigenvalue weighted by molar-refractivity contribution is -0.148. The monoisotopic (exact) mass is 328 g/mol. The van der Waals surface area contributed by atoms with E-state index in [2.05, 4.69) is 33.8 Å². The number of amides is 1. The molecule has 1 amide bonds. The smallest absolute Gasteiger partial charge is 0.252 e. The van der Waals surface area contributed by atoms with Crippen LogP contribution in [0.3, 0.4) is 0 Å². The molecule has 1 saturated carbocycles. The number of nitrogens with two attached hydrogens (primary N) is 1. The SMILES string of the molecule is CC1(C)C[C@]2(C(N)=O)CN(CCCc3cnc4ncnn4c3)C[C@H]12. The van der Waals surface area contributed by atoms with Crippen molar-refractivity contribution in [2.24, 2.45) is 22.5 Å². The highest BCUT2D eigenvalue weighted by molar-refractivity contribution is 5.83. The van der Waals surface area contributed by atoms with Crippen LogP contribution in [0.4, 0.5) is 0 Å². The highest BCUT2D eigenvalue weighted by Crippen LogP contribution is 2.62. The van der Waals surface area contributed by atoms with Gasteiger partial charge in [-0.05, 0) is 42.7 Å². The quantitative estimate of drug-likeness (QED) is 0.880.